The first-order chi connectivity index (χ1) is 21.1. The minimum Gasteiger partial charge on any atom is -0.495 e. The molecule has 2 aliphatic heterocycles. The van der Waals surface area contributed by atoms with Gasteiger partial charge in [0, 0.05) is 26.3 Å². The Morgan fingerprint density at radius 3 is 2.60 bits per heavy atom. The SMILES string of the molecule is COC1=CC(C(=O)N[C@H]2CCN(C)C[C@H]2F)C(Cl)C=C1Nc1ncc(C(F)(F)F)c(Oc2cccc3c2C(=O)N(C)C3(C)C)n1. The standard InChI is InChI=1S/C30H33ClF4N6O4/c1-29(2)16-7-6-8-22(24(16)27(43)41(29)4)45-26-17(30(33,34)35)13-36-28(39-26)38-21-12-18(31)15(11-23(21)44-5)25(42)37-20-9-10-40(3)14-19(20)32/h6-8,11-13,15,18-20H,9-10,14H2,1-5H3,(H,37,42)(H,36,38,39)/t15?,18?,19-,20+/m1/s1. The van der Waals surface area contributed by atoms with E-state index in [1.54, 1.807) is 26.2 Å². The molecular formula is C30H33ClF4N6O4. The van der Waals surface area contributed by atoms with Crippen LogP contribution in [-0.2, 0) is 21.2 Å². The number of likely N-dealkylation sites (tertiary alicyclic amines) is 1. The molecule has 45 heavy (non-hydrogen) atoms. The van der Waals surface area contributed by atoms with Crippen LogP contribution in [0.3, 0.4) is 0 Å². The number of allylic oxidation sites excluding steroid dienone is 1. The Bertz CT molecular complexity index is 1570. The minimum absolute atomic E-state index is 0.0887. The molecular weight excluding hydrogens is 620 g/mol. The van der Waals surface area contributed by atoms with Crippen molar-refractivity contribution >= 4 is 29.4 Å². The molecule has 242 valence electrons. The largest absolute Gasteiger partial charge is 0.495 e. The molecule has 3 heterocycles. The summed E-state index contributed by atoms with van der Waals surface area (Å²) in [4.78, 5) is 37.2. The van der Waals surface area contributed by atoms with Crippen molar-refractivity contribution in [2.45, 2.75) is 49.6 Å². The summed E-state index contributed by atoms with van der Waals surface area (Å²) in [5, 5.41) is 4.60. The molecule has 10 nitrogen and oxygen atoms in total. The fraction of sp³-hybridized carbons (Fsp3) is 0.467. The van der Waals surface area contributed by atoms with Gasteiger partial charge < -0.3 is 29.9 Å². The second-order valence-electron chi connectivity index (χ2n) is 11.7. The predicted octanol–water partition coefficient (Wildman–Crippen LogP) is 4.83. The lowest BCUT2D eigenvalue weighted by Gasteiger charge is -2.34. The number of halogens is 5. The van der Waals surface area contributed by atoms with E-state index in [2.05, 4.69) is 20.6 Å². The van der Waals surface area contributed by atoms with Gasteiger partial charge in [-0.3, -0.25) is 9.59 Å². The Morgan fingerprint density at radius 1 is 1.20 bits per heavy atom. The Hall–Kier alpha value is -3.91. The van der Waals surface area contributed by atoms with Gasteiger partial charge in [0.2, 0.25) is 17.7 Å². The van der Waals surface area contributed by atoms with Crippen molar-refractivity contribution in [3.05, 3.63) is 64.7 Å². The highest BCUT2D eigenvalue weighted by Crippen LogP contribution is 2.44. The van der Waals surface area contributed by atoms with Crippen molar-refractivity contribution in [3.63, 3.8) is 0 Å². The number of benzene rings is 1. The molecule has 2 unspecified atom stereocenters. The molecule has 0 radical (unpaired) electrons. The van der Waals surface area contributed by atoms with Crippen LogP contribution in [0.25, 0.3) is 0 Å². The van der Waals surface area contributed by atoms with Crippen LogP contribution >= 0.6 is 11.6 Å². The third-order valence-electron chi connectivity index (χ3n) is 8.41. The van der Waals surface area contributed by atoms with Crippen molar-refractivity contribution in [1.82, 2.24) is 25.1 Å². The summed E-state index contributed by atoms with van der Waals surface area (Å²) in [7, 11) is 4.74. The molecule has 1 aromatic heterocycles. The van der Waals surface area contributed by atoms with E-state index in [1.807, 2.05) is 18.7 Å². The molecule has 2 amide bonds. The number of fused-ring (bicyclic) bond motifs is 1. The van der Waals surface area contributed by atoms with Gasteiger partial charge in [-0.15, -0.1) is 11.6 Å². The van der Waals surface area contributed by atoms with Crippen LogP contribution in [0.1, 0.15) is 41.8 Å². The maximum Gasteiger partial charge on any atom is 0.423 e. The molecule has 2 aromatic rings. The number of aromatic nitrogens is 2. The normalized spacial score (nSPS) is 24.8. The molecule has 1 fully saturated rings. The second-order valence-corrected chi connectivity index (χ2v) is 12.2. The number of nitrogens with one attached hydrogen (secondary N) is 2. The second kappa shape index (κ2) is 12.1. The van der Waals surface area contributed by atoms with Gasteiger partial charge >= 0.3 is 6.18 Å². The third kappa shape index (κ3) is 6.30. The van der Waals surface area contributed by atoms with Crippen molar-refractivity contribution in [2.75, 3.05) is 39.6 Å². The lowest BCUT2D eigenvalue weighted by atomic mass is 9.94. The number of nitrogens with zero attached hydrogens (tertiary/aromatic N) is 4. The summed E-state index contributed by atoms with van der Waals surface area (Å²) >= 11 is 6.53. The van der Waals surface area contributed by atoms with Crippen LogP contribution in [0.4, 0.5) is 23.5 Å². The average Bonchev–Trinajstić information content (AvgIpc) is 3.14. The van der Waals surface area contributed by atoms with Gasteiger partial charge in [-0.05, 0) is 51.1 Å². The summed E-state index contributed by atoms with van der Waals surface area (Å²) in [5.74, 6) is -2.86. The number of alkyl halides is 5. The fourth-order valence-electron chi connectivity index (χ4n) is 5.56. The number of hydrogen-bond acceptors (Lipinski definition) is 8. The molecule has 5 rings (SSSR count). The van der Waals surface area contributed by atoms with Crippen LogP contribution in [-0.4, -0.2) is 83.5 Å². The summed E-state index contributed by atoms with van der Waals surface area (Å²) in [6, 6.07) is 4.05. The Balaban J connectivity index is 1.40. The summed E-state index contributed by atoms with van der Waals surface area (Å²) in [6.45, 7) is 4.46. The lowest BCUT2D eigenvalue weighted by Crippen LogP contribution is -2.53. The monoisotopic (exact) mass is 652 g/mol. The summed E-state index contributed by atoms with van der Waals surface area (Å²) < 4.78 is 67.6. The number of carbonyl (C=O) groups excluding carboxylic acids is 2. The zero-order chi connectivity index (χ0) is 32.8. The van der Waals surface area contributed by atoms with Crippen LogP contribution in [0.15, 0.2) is 48.0 Å². The van der Waals surface area contributed by atoms with Gasteiger partial charge in [-0.1, -0.05) is 12.1 Å². The van der Waals surface area contributed by atoms with Crippen molar-refractivity contribution < 1.29 is 36.6 Å². The van der Waals surface area contributed by atoms with E-state index in [0.29, 0.717) is 24.7 Å². The topological polar surface area (TPSA) is 109 Å². The highest BCUT2D eigenvalue weighted by atomic mass is 35.5. The molecule has 1 saturated heterocycles. The van der Waals surface area contributed by atoms with E-state index >= 15 is 0 Å². The van der Waals surface area contributed by atoms with Crippen LogP contribution in [0.2, 0.25) is 0 Å². The number of carbonyl (C=O) groups is 2. The maximum atomic E-state index is 14.5. The number of hydrogen-bond donors (Lipinski definition) is 2. The van der Waals surface area contributed by atoms with E-state index in [0.717, 1.165) is 0 Å². The smallest absolute Gasteiger partial charge is 0.423 e. The number of methoxy groups -OCH3 is 1. The molecule has 0 spiro atoms. The van der Waals surface area contributed by atoms with Crippen LogP contribution < -0.4 is 15.4 Å². The zero-order valence-corrected chi connectivity index (χ0v) is 26.0. The van der Waals surface area contributed by atoms with Gasteiger partial charge in [0.15, 0.2) is 0 Å². The van der Waals surface area contributed by atoms with Crippen LogP contribution in [0.5, 0.6) is 11.6 Å². The maximum absolute atomic E-state index is 14.5. The van der Waals surface area contributed by atoms with Gasteiger partial charge in [0.05, 0.1) is 41.2 Å². The summed E-state index contributed by atoms with van der Waals surface area (Å²) in [5.41, 5.74) is -1.04. The van der Waals surface area contributed by atoms with E-state index in [4.69, 9.17) is 21.1 Å². The first-order valence-corrected chi connectivity index (χ1v) is 14.6. The number of ether oxygens (including phenoxy) is 2. The Kier molecular flexibility index (Phi) is 8.75. The summed E-state index contributed by atoms with van der Waals surface area (Å²) in [6.07, 6.45) is -2.23. The molecule has 0 saturated carbocycles. The molecule has 1 aliphatic carbocycles. The number of amides is 2. The number of piperidine rings is 1. The lowest BCUT2D eigenvalue weighted by molar-refractivity contribution is -0.139. The first-order valence-electron chi connectivity index (χ1n) is 14.2. The Labute approximate surface area is 262 Å². The predicted molar refractivity (Wildman–Crippen MR) is 158 cm³/mol. The zero-order valence-electron chi connectivity index (χ0n) is 25.2. The molecule has 3 aliphatic rings. The van der Waals surface area contributed by atoms with Gasteiger partial charge in [0.1, 0.15) is 23.2 Å². The van der Waals surface area contributed by atoms with Crippen molar-refractivity contribution in [2.24, 2.45) is 5.92 Å². The Morgan fingerprint density at radius 2 is 1.93 bits per heavy atom. The van der Waals surface area contributed by atoms with Crippen molar-refractivity contribution in [3.8, 4) is 11.6 Å². The molecule has 2 N–H and O–H groups in total. The molecule has 15 heteroatoms. The van der Waals surface area contributed by atoms with E-state index < -0.39 is 58.5 Å². The molecule has 0 bridgehead atoms. The number of rotatable bonds is 7. The quantitative estimate of drug-likeness (QED) is 0.324. The molecule has 1 aromatic carbocycles. The average molecular weight is 653 g/mol. The first kappa shape index (κ1) is 32.5. The third-order valence-corrected chi connectivity index (χ3v) is 8.81. The number of anilines is 1. The van der Waals surface area contributed by atoms with E-state index in [1.165, 1.54) is 30.2 Å². The van der Waals surface area contributed by atoms with Gasteiger partial charge in [-0.25, -0.2) is 9.37 Å². The molecule has 4 atom stereocenters. The van der Waals surface area contributed by atoms with Gasteiger partial charge in [0.25, 0.3) is 5.91 Å². The van der Waals surface area contributed by atoms with E-state index in [9.17, 15) is 27.2 Å². The fourth-order valence-corrected chi connectivity index (χ4v) is 5.87. The highest BCUT2D eigenvalue weighted by molar-refractivity contribution is 6.23. The van der Waals surface area contributed by atoms with Crippen LogP contribution in [0, 0.1) is 5.92 Å². The van der Waals surface area contributed by atoms with Crippen molar-refractivity contribution in [1.29, 1.82) is 0 Å². The van der Waals surface area contributed by atoms with E-state index in [-0.39, 0.29) is 35.3 Å². The minimum atomic E-state index is -4.87. The highest BCUT2D eigenvalue weighted by Gasteiger charge is 2.43. The van der Waals surface area contributed by atoms with Gasteiger partial charge in [-0.2, -0.15) is 18.2 Å².